The third-order valence-electron chi connectivity index (χ3n) is 4.56. The molecule has 4 aromatic rings. The van der Waals surface area contributed by atoms with E-state index >= 15 is 0 Å². The second-order valence-electron chi connectivity index (χ2n) is 6.83. The molecule has 1 unspecified atom stereocenters. The molecule has 32 heavy (non-hydrogen) atoms. The molecule has 0 aliphatic heterocycles. The molecule has 0 bridgehead atoms. The number of carbonyl (C=O) groups is 1. The number of pyridine rings is 1. The molecule has 0 saturated carbocycles. The van der Waals surface area contributed by atoms with Crippen LogP contribution in [0.4, 0.5) is 14.3 Å². The van der Waals surface area contributed by atoms with Gasteiger partial charge < -0.3 is 10.1 Å². The van der Waals surface area contributed by atoms with E-state index in [-0.39, 0.29) is 11.1 Å². The number of urea groups is 1. The molecule has 0 aliphatic carbocycles. The first kappa shape index (κ1) is 22.3. The van der Waals surface area contributed by atoms with E-state index in [2.05, 4.69) is 20.6 Å². The monoisotopic (exact) mass is 490 g/mol. The van der Waals surface area contributed by atoms with Crippen molar-refractivity contribution in [3.05, 3.63) is 81.8 Å². The SMILES string of the molecule is CC(Oc1ccc2nc(NC(=O)NCc3cccnc3)sc2c1)c1c(Cl)ccc(F)c1Cl. The molecule has 10 heteroatoms. The van der Waals surface area contributed by atoms with Crippen molar-refractivity contribution in [1.29, 1.82) is 0 Å². The Morgan fingerprint density at radius 3 is 2.88 bits per heavy atom. The minimum absolute atomic E-state index is 0.0624. The van der Waals surface area contributed by atoms with Crippen molar-refractivity contribution in [2.75, 3.05) is 5.32 Å². The van der Waals surface area contributed by atoms with Crippen LogP contribution in [0, 0.1) is 5.82 Å². The molecule has 0 aliphatic rings. The average Bonchev–Trinajstić information content (AvgIpc) is 3.17. The summed E-state index contributed by atoms with van der Waals surface area (Å²) in [5, 5.41) is 6.20. The fraction of sp³-hybridized carbons (Fsp3) is 0.136. The highest BCUT2D eigenvalue weighted by molar-refractivity contribution is 7.22. The molecular formula is C22H17Cl2FN4O2S. The summed E-state index contributed by atoms with van der Waals surface area (Å²) in [5.41, 5.74) is 1.98. The molecule has 4 rings (SSSR count). The summed E-state index contributed by atoms with van der Waals surface area (Å²) in [6.45, 7) is 2.09. The van der Waals surface area contributed by atoms with Crippen LogP contribution in [0.2, 0.25) is 10.0 Å². The first-order valence-corrected chi connectivity index (χ1v) is 11.1. The van der Waals surface area contributed by atoms with E-state index in [0.29, 0.717) is 33.5 Å². The van der Waals surface area contributed by atoms with E-state index in [1.54, 1.807) is 43.6 Å². The van der Waals surface area contributed by atoms with Crippen molar-refractivity contribution in [3.63, 3.8) is 0 Å². The highest BCUT2D eigenvalue weighted by atomic mass is 35.5. The molecule has 2 N–H and O–H groups in total. The number of ether oxygens (including phenoxy) is 1. The number of rotatable bonds is 6. The van der Waals surface area contributed by atoms with Gasteiger partial charge in [-0.2, -0.15) is 0 Å². The van der Waals surface area contributed by atoms with Gasteiger partial charge in [0.15, 0.2) is 5.13 Å². The number of anilines is 1. The summed E-state index contributed by atoms with van der Waals surface area (Å²) in [6.07, 6.45) is 2.78. The van der Waals surface area contributed by atoms with Gasteiger partial charge in [0.1, 0.15) is 17.7 Å². The molecule has 1 atom stereocenters. The van der Waals surface area contributed by atoms with Crippen molar-refractivity contribution in [3.8, 4) is 5.75 Å². The van der Waals surface area contributed by atoms with E-state index in [4.69, 9.17) is 27.9 Å². The van der Waals surface area contributed by atoms with Crippen LogP contribution >= 0.6 is 34.5 Å². The average molecular weight is 491 g/mol. The standard InChI is InChI=1S/C22H17Cl2FN4O2S/c1-12(19-15(23)5-6-16(25)20(19)24)31-14-4-7-17-18(9-14)32-22(28-17)29-21(30)27-11-13-3-2-8-26-10-13/h2-10,12H,11H2,1H3,(H2,27,28,29,30). The van der Waals surface area contributed by atoms with E-state index in [0.717, 1.165) is 10.3 Å². The van der Waals surface area contributed by atoms with Crippen molar-refractivity contribution in [2.24, 2.45) is 0 Å². The molecule has 2 aromatic carbocycles. The molecule has 2 aromatic heterocycles. The molecule has 2 amide bonds. The molecule has 0 saturated heterocycles. The molecule has 0 radical (unpaired) electrons. The number of nitrogens with one attached hydrogen (secondary N) is 2. The topological polar surface area (TPSA) is 76.1 Å². The predicted octanol–water partition coefficient (Wildman–Crippen LogP) is 6.60. The van der Waals surface area contributed by atoms with Crippen LogP contribution < -0.4 is 15.4 Å². The number of halogens is 3. The number of aromatic nitrogens is 2. The zero-order valence-corrected chi connectivity index (χ0v) is 19.1. The molecule has 164 valence electrons. The van der Waals surface area contributed by atoms with Gasteiger partial charge in [-0.05, 0) is 48.9 Å². The predicted molar refractivity (Wildman–Crippen MR) is 125 cm³/mol. The highest BCUT2D eigenvalue weighted by Gasteiger charge is 2.19. The van der Waals surface area contributed by atoms with E-state index < -0.39 is 11.9 Å². The summed E-state index contributed by atoms with van der Waals surface area (Å²) in [7, 11) is 0. The largest absolute Gasteiger partial charge is 0.486 e. The van der Waals surface area contributed by atoms with Gasteiger partial charge >= 0.3 is 6.03 Å². The van der Waals surface area contributed by atoms with Gasteiger partial charge in [-0.15, -0.1) is 0 Å². The van der Waals surface area contributed by atoms with E-state index in [1.807, 2.05) is 6.07 Å². The lowest BCUT2D eigenvalue weighted by Crippen LogP contribution is -2.28. The van der Waals surface area contributed by atoms with Gasteiger partial charge in [-0.1, -0.05) is 40.6 Å². The molecular weight excluding hydrogens is 474 g/mol. The lowest BCUT2D eigenvalue weighted by Gasteiger charge is -2.18. The molecule has 6 nitrogen and oxygen atoms in total. The number of thiazole rings is 1. The van der Waals surface area contributed by atoms with E-state index in [9.17, 15) is 9.18 Å². The number of nitrogens with zero attached hydrogens (tertiary/aromatic N) is 2. The van der Waals surface area contributed by atoms with Gasteiger partial charge in [0.25, 0.3) is 0 Å². The normalized spacial score (nSPS) is 11.9. The first-order valence-electron chi connectivity index (χ1n) is 9.55. The summed E-state index contributed by atoms with van der Waals surface area (Å²) >= 11 is 13.6. The minimum atomic E-state index is -0.577. The maximum atomic E-state index is 13.8. The Morgan fingerprint density at radius 2 is 2.09 bits per heavy atom. The van der Waals surface area contributed by atoms with E-state index in [1.165, 1.54) is 23.5 Å². The Morgan fingerprint density at radius 1 is 1.25 bits per heavy atom. The van der Waals surface area contributed by atoms with Crippen LogP contribution in [0.1, 0.15) is 24.2 Å². The smallest absolute Gasteiger partial charge is 0.321 e. The minimum Gasteiger partial charge on any atom is -0.486 e. The fourth-order valence-electron chi connectivity index (χ4n) is 3.04. The zero-order chi connectivity index (χ0) is 22.7. The molecule has 0 spiro atoms. The van der Waals surface area contributed by atoms with Gasteiger partial charge in [0.2, 0.25) is 0 Å². The number of carbonyl (C=O) groups excluding carboxylic acids is 1. The third-order valence-corrected chi connectivity index (χ3v) is 6.20. The van der Waals surface area contributed by atoms with Crippen LogP contribution in [0.5, 0.6) is 5.75 Å². The van der Waals surface area contributed by atoms with Crippen molar-refractivity contribution in [2.45, 2.75) is 19.6 Å². The number of fused-ring (bicyclic) bond motifs is 1. The maximum absolute atomic E-state index is 13.8. The zero-order valence-electron chi connectivity index (χ0n) is 16.7. The van der Waals surface area contributed by atoms with Crippen LogP contribution in [0.15, 0.2) is 54.9 Å². The number of hydrogen-bond acceptors (Lipinski definition) is 5. The van der Waals surface area contributed by atoms with Gasteiger partial charge in [0.05, 0.1) is 15.2 Å². The summed E-state index contributed by atoms with van der Waals surface area (Å²) in [5.74, 6) is -0.0189. The number of benzene rings is 2. The lowest BCUT2D eigenvalue weighted by molar-refractivity contribution is 0.227. The maximum Gasteiger partial charge on any atom is 0.321 e. The van der Waals surface area contributed by atoms with Gasteiger partial charge in [-0.25, -0.2) is 14.2 Å². The summed E-state index contributed by atoms with van der Waals surface area (Å²) in [4.78, 5) is 20.6. The number of amides is 2. The first-order chi connectivity index (χ1) is 15.4. The second kappa shape index (κ2) is 9.68. The summed E-state index contributed by atoms with van der Waals surface area (Å²) < 4.78 is 20.6. The Kier molecular flexibility index (Phi) is 6.74. The Hall–Kier alpha value is -2.94. The fourth-order valence-corrected chi connectivity index (χ4v) is 4.60. The van der Waals surface area contributed by atoms with Crippen molar-refractivity contribution < 1.29 is 13.9 Å². The molecule has 2 heterocycles. The quantitative estimate of drug-likeness (QED) is 0.298. The molecule has 0 fully saturated rings. The Labute approximate surface area is 197 Å². The van der Waals surface area contributed by atoms with Gasteiger partial charge in [0, 0.05) is 29.5 Å². The summed E-state index contributed by atoms with van der Waals surface area (Å²) in [6, 6.07) is 11.3. The van der Waals surface area contributed by atoms with Crippen LogP contribution in [0.25, 0.3) is 10.2 Å². The van der Waals surface area contributed by atoms with Crippen molar-refractivity contribution in [1.82, 2.24) is 15.3 Å². The van der Waals surface area contributed by atoms with Crippen LogP contribution in [0.3, 0.4) is 0 Å². The Bertz CT molecular complexity index is 1270. The van der Waals surface area contributed by atoms with Gasteiger partial charge in [-0.3, -0.25) is 10.3 Å². The number of hydrogen-bond donors (Lipinski definition) is 2. The van der Waals surface area contributed by atoms with Crippen molar-refractivity contribution >= 4 is 55.9 Å². The van der Waals surface area contributed by atoms with Crippen LogP contribution in [-0.2, 0) is 6.54 Å². The lowest BCUT2D eigenvalue weighted by atomic mass is 10.1. The van der Waals surface area contributed by atoms with Crippen LogP contribution in [-0.4, -0.2) is 16.0 Å². The Balaban J connectivity index is 1.44. The third kappa shape index (κ3) is 5.09. The second-order valence-corrected chi connectivity index (χ2v) is 8.65. The highest BCUT2D eigenvalue weighted by Crippen LogP contribution is 2.36.